The van der Waals surface area contributed by atoms with Crippen molar-refractivity contribution in [3.8, 4) is 0 Å². The van der Waals surface area contributed by atoms with Crippen LogP contribution < -0.4 is 0 Å². The summed E-state index contributed by atoms with van der Waals surface area (Å²) in [6.07, 6.45) is -1.03. The van der Waals surface area contributed by atoms with E-state index in [1.165, 1.54) is 0 Å². The minimum absolute atomic E-state index is 0.298. The van der Waals surface area contributed by atoms with Crippen LogP contribution in [0, 0.1) is 0 Å². The summed E-state index contributed by atoms with van der Waals surface area (Å²) in [6.45, 7) is 6.83. The second-order valence-corrected chi connectivity index (χ2v) is 3.28. The molecule has 0 spiro atoms. The highest BCUT2D eigenvalue weighted by molar-refractivity contribution is 4.69. The van der Waals surface area contributed by atoms with Crippen LogP contribution in [0.3, 0.4) is 0 Å². The van der Waals surface area contributed by atoms with Gasteiger partial charge in [-0.15, -0.1) is 0 Å². The van der Waals surface area contributed by atoms with Crippen molar-refractivity contribution in [1.82, 2.24) is 0 Å². The summed E-state index contributed by atoms with van der Waals surface area (Å²) in [5.74, 6) is 0. The molecule has 3 unspecified atom stereocenters. The summed E-state index contributed by atoms with van der Waals surface area (Å²) in [5, 5.41) is 18.9. The van der Waals surface area contributed by atoms with Gasteiger partial charge >= 0.3 is 0 Å². The van der Waals surface area contributed by atoms with Gasteiger partial charge in [-0.25, -0.2) is 0 Å². The van der Waals surface area contributed by atoms with Gasteiger partial charge in [-0.2, -0.15) is 0 Å². The predicted octanol–water partition coefficient (Wildman–Crippen LogP) is 0.560. The topological polar surface area (TPSA) is 58.9 Å². The largest absolute Gasteiger partial charge is 0.391 e. The smallest absolute Gasteiger partial charge is 0.0856 e. The molecule has 4 heteroatoms. The Bertz CT molecular complexity index is 127. The maximum absolute atomic E-state index is 9.51. The highest BCUT2D eigenvalue weighted by atomic mass is 16.5. The lowest BCUT2D eigenvalue weighted by molar-refractivity contribution is -0.0614. The first-order chi connectivity index (χ1) is 6.61. The molecule has 3 atom stereocenters. The van der Waals surface area contributed by atoms with Gasteiger partial charge in [0, 0.05) is 19.6 Å². The van der Waals surface area contributed by atoms with E-state index in [1.807, 2.05) is 13.8 Å². The summed E-state index contributed by atoms with van der Waals surface area (Å²) in [7, 11) is 0. The lowest BCUT2D eigenvalue weighted by Crippen LogP contribution is -2.32. The SMILES string of the molecule is CCOCC(O)CC(OCC)C(C)O. The molecule has 86 valence electrons. The molecule has 4 nitrogen and oxygen atoms in total. The Morgan fingerprint density at radius 3 is 2.21 bits per heavy atom. The fraction of sp³-hybridized carbons (Fsp3) is 1.00. The predicted molar refractivity (Wildman–Crippen MR) is 54.2 cm³/mol. The maximum atomic E-state index is 9.51. The lowest BCUT2D eigenvalue weighted by Gasteiger charge is -2.22. The Morgan fingerprint density at radius 1 is 1.14 bits per heavy atom. The molecule has 2 N–H and O–H groups in total. The van der Waals surface area contributed by atoms with Crippen LogP contribution in [0.5, 0.6) is 0 Å². The molecule has 0 aliphatic carbocycles. The molecule has 0 rings (SSSR count). The van der Waals surface area contributed by atoms with E-state index in [0.717, 1.165) is 0 Å². The summed E-state index contributed by atoms with van der Waals surface area (Å²) >= 11 is 0. The van der Waals surface area contributed by atoms with Gasteiger partial charge in [0.05, 0.1) is 24.9 Å². The van der Waals surface area contributed by atoms with Gasteiger partial charge < -0.3 is 19.7 Å². The molecule has 0 aliphatic rings. The highest BCUT2D eigenvalue weighted by Gasteiger charge is 2.19. The van der Waals surface area contributed by atoms with E-state index in [1.54, 1.807) is 6.92 Å². The zero-order valence-corrected chi connectivity index (χ0v) is 9.27. The molecule has 0 aliphatic heterocycles. The summed E-state index contributed by atoms with van der Waals surface area (Å²) < 4.78 is 10.4. The van der Waals surface area contributed by atoms with Gasteiger partial charge in [0.1, 0.15) is 0 Å². The Hall–Kier alpha value is -0.160. The van der Waals surface area contributed by atoms with Gasteiger partial charge in [-0.3, -0.25) is 0 Å². The Morgan fingerprint density at radius 2 is 1.79 bits per heavy atom. The van der Waals surface area contributed by atoms with Crippen LogP contribution in [0.25, 0.3) is 0 Å². The zero-order valence-electron chi connectivity index (χ0n) is 9.27. The molecule has 0 saturated heterocycles. The third kappa shape index (κ3) is 6.32. The number of ether oxygens (including phenoxy) is 2. The van der Waals surface area contributed by atoms with E-state index < -0.39 is 12.2 Å². The van der Waals surface area contributed by atoms with E-state index in [9.17, 15) is 10.2 Å². The van der Waals surface area contributed by atoms with Gasteiger partial charge in [0.25, 0.3) is 0 Å². The van der Waals surface area contributed by atoms with Gasteiger partial charge in [-0.05, 0) is 20.8 Å². The molecular weight excluding hydrogens is 184 g/mol. The second-order valence-electron chi connectivity index (χ2n) is 3.28. The van der Waals surface area contributed by atoms with Gasteiger partial charge in [0.15, 0.2) is 0 Å². The molecule has 0 bridgehead atoms. The number of hydrogen-bond donors (Lipinski definition) is 2. The first kappa shape index (κ1) is 13.8. The minimum Gasteiger partial charge on any atom is -0.391 e. The van der Waals surface area contributed by atoms with Crippen molar-refractivity contribution in [3.05, 3.63) is 0 Å². The molecule has 0 saturated carbocycles. The summed E-state index contributed by atoms with van der Waals surface area (Å²) in [5.41, 5.74) is 0. The van der Waals surface area contributed by atoms with E-state index in [0.29, 0.717) is 26.2 Å². The third-order valence-electron chi connectivity index (χ3n) is 1.94. The van der Waals surface area contributed by atoms with E-state index >= 15 is 0 Å². The average molecular weight is 206 g/mol. The van der Waals surface area contributed by atoms with Crippen molar-refractivity contribution in [2.24, 2.45) is 0 Å². The quantitative estimate of drug-likeness (QED) is 0.609. The van der Waals surface area contributed by atoms with Gasteiger partial charge in [-0.1, -0.05) is 0 Å². The molecule has 0 aromatic carbocycles. The van der Waals surface area contributed by atoms with Crippen LogP contribution in [0.4, 0.5) is 0 Å². The van der Waals surface area contributed by atoms with Crippen LogP contribution in [-0.2, 0) is 9.47 Å². The Labute approximate surface area is 85.8 Å². The van der Waals surface area contributed by atoms with Crippen LogP contribution in [0.15, 0.2) is 0 Å². The second kappa shape index (κ2) is 8.17. The van der Waals surface area contributed by atoms with Crippen molar-refractivity contribution < 1.29 is 19.7 Å². The van der Waals surface area contributed by atoms with Crippen LogP contribution in [0.1, 0.15) is 27.2 Å². The number of hydrogen-bond acceptors (Lipinski definition) is 4. The van der Waals surface area contributed by atoms with Crippen LogP contribution in [0.2, 0.25) is 0 Å². The van der Waals surface area contributed by atoms with E-state index in [-0.39, 0.29) is 6.10 Å². The van der Waals surface area contributed by atoms with Crippen molar-refractivity contribution in [2.75, 3.05) is 19.8 Å². The minimum atomic E-state index is -0.568. The third-order valence-corrected chi connectivity index (χ3v) is 1.94. The highest BCUT2D eigenvalue weighted by Crippen LogP contribution is 2.08. The average Bonchev–Trinajstić information content (AvgIpc) is 2.14. The van der Waals surface area contributed by atoms with Crippen LogP contribution in [-0.4, -0.2) is 48.3 Å². The Balaban J connectivity index is 3.77. The zero-order chi connectivity index (χ0) is 11.0. The standard InChI is InChI=1S/C10H22O4/c1-4-13-7-9(12)6-10(8(3)11)14-5-2/h8-12H,4-7H2,1-3H3. The first-order valence-corrected chi connectivity index (χ1v) is 5.17. The lowest BCUT2D eigenvalue weighted by atomic mass is 10.1. The van der Waals surface area contributed by atoms with Crippen molar-refractivity contribution >= 4 is 0 Å². The molecule has 0 aromatic rings. The maximum Gasteiger partial charge on any atom is 0.0856 e. The van der Waals surface area contributed by atoms with Crippen molar-refractivity contribution in [1.29, 1.82) is 0 Å². The van der Waals surface area contributed by atoms with Crippen LogP contribution >= 0.6 is 0 Å². The monoisotopic (exact) mass is 206 g/mol. The molecule has 0 radical (unpaired) electrons. The van der Waals surface area contributed by atoms with Crippen molar-refractivity contribution in [3.63, 3.8) is 0 Å². The number of rotatable bonds is 8. The number of aliphatic hydroxyl groups excluding tert-OH is 2. The Kier molecular flexibility index (Phi) is 8.08. The molecule has 0 heterocycles. The molecule has 0 amide bonds. The van der Waals surface area contributed by atoms with Gasteiger partial charge in [0.2, 0.25) is 0 Å². The molecule has 14 heavy (non-hydrogen) atoms. The summed E-state index contributed by atoms with van der Waals surface area (Å²) in [4.78, 5) is 0. The first-order valence-electron chi connectivity index (χ1n) is 5.17. The van der Waals surface area contributed by atoms with Crippen molar-refractivity contribution in [2.45, 2.75) is 45.5 Å². The molecule has 0 aromatic heterocycles. The molecule has 0 fully saturated rings. The van der Waals surface area contributed by atoms with E-state index in [4.69, 9.17) is 9.47 Å². The molecular formula is C10H22O4. The normalized spacial score (nSPS) is 17.8. The summed E-state index contributed by atoms with van der Waals surface area (Å²) in [6, 6.07) is 0. The number of aliphatic hydroxyl groups is 2. The fourth-order valence-corrected chi connectivity index (χ4v) is 1.21. The van der Waals surface area contributed by atoms with E-state index in [2.05, 4.69) is 0 Å². The fourth-order valence-electron chi connectivity index (χ4n) is 1.21.